The fourth-order valence-electron chi connectivity index (χ4n) is 2.32. The van der Waals surface area contributed by atoms with Gasteiger partial charge in [0.2, 0.25) is 0 Å². The summed E-state index contributed by atoms with van der Waals surface area (Å²) in [4.78, 5) is 27.5. The maximum absolute atomic E-state index is 11.2. The number of hydrogen-bond donors (Lipinski definition) is 2. The Labute approximate surface area is 104 Å². The number of aromatic carboxylic acids is 1. The second kappa shape index (κ2) is 4.29. The van der Waals surface area contributed by atoms with Crippen LogP contribution in [-0.2, 0) is 6.54 Å². The maximum atomic E-state index is 11.2. The summed E-state index contributed by atoms with van der Waals surface area (Å²) in [6.07, 6.45) is 0.269. The molecular formula is C12H14N2O4. The summed E-state index contributed by atoms with van der Waals surface area (Å²) in [5.41, 5.74) is 1.43. The van der Waals surface area contributed by atoms with E-state index in [0.717, 1.165) is 0 Å². The molecule has 0 saturated heterocycles. The van der Waals surface area contributed by atoms with E-state index in [1.807, 2.05) is 13.8 Å². The van der Waals surface area contributed by atoms with E-state index in [1.165, 1.54) is 17.2 Å². The van der Waals surface area contributed by atoms with E-state index in [4.69, 9.17) is 10.2 Å². The highest BCUT2D eigenvalue weighted by Gasteiger charge is 2.37. The molecule has 1 aromatic rings. The fraction of sp³-hybridized carbons (Fsp3) is 0.417. The van der Waals surface area contributed by atoms with Crippen LogP contribution in [0.15, 0.2) is 12.3 Å². The topological polar surface area (TPSA) is 90.7 Å². The number of carboxylic acid groups (broad SMARTS) is 2. The van der Waals surface area contributed by atoms with Crippen molar-refractivity contribution >= 4 is 12.1 Å². The van der Waals surface area contributed by atoms with Crippen molar-refractivity contribution in [2.75, 3.05) is 0 Å². The van der Waals surface area contributed by atoms with Crippen molar-refractivity contribution in [2.24, 2.45) is 5.92 Å². The van der Waals surface area contributed by atoms with Crippen LogP contribution >= 0.6 is 0 Å². The number of aromatic nitrogens is 1. The van der Waals surface area contributed by atoms with Crippen LogP contribution in [0, 0.1) is 5.92 Å². The average molecular weight is 250 g/mol. The van der Waals surface area contributed by atoms with Gasteiger partial charge in [-0.25, -0.2) is 9.59 Å². The molecule has 0 aromatic carbocycles. The number of pyridine rings is 1. The van der Waals surface area contributed by atoms with Crippen molar-refractivity contribution in [1.82, 2.24) is 9.88 Å². The van der Waals surface area contributed by atoms with Gasteiger partial charge in [-0.2, -0.15) is 0 Å². The van der Waals surface area contributed by atoms with Gasteiger partial charge in [-0.1, -0.05) is 13.8 Å². The molecule has 1 atom stereocenters. The first-order valence-corrected chi connectivity index (χ1v) is 5.63. The van der Waals surface area contributed by atoms with Crippen LogP contribution in [0.2, 0.25) is 0 Å². The van der Waals surface area contributed by atoms with Crippen molar-refractivity contribution < 1.29 is 19.8 Å². The molecule has 6 heteroatoms. The Morgan fingerprint density at radius 3 is 2.61 bits per heavy atom. The zero-order valence-electron chi connectivity index (χ0n) is 10.1. The van der Waals surface area contributed by atoms with Crippen molar-refractivity contribution in [1.29, 1.82) is 0 Å². The third-order valence-corrected chi connectivity index (χ3v) is 3.08. The number of nitrogens with zero attached hydrogens (tertiary/aromatic N) is 2. The molecule has 18 heavy (non-hydrogen) atoms. The molecule has 1 aliphatic heterocycles. The van der Waals surface area contributed by atoms with E-state index in [0.29, 0.717) is 11.3 Å². The summed E-state index contributed by atoms with van der Waals surface area (Å²) < 4.78 is 0. The molecule has 1 aromatic heterocycles. The first-order chi connectivity index (χ1) is 8.41. The Kier molecular flexibility index (Phi) is 2.94. The molecule has 96 valence electrons. The van der Waals surface area contributed by atoms with Gasteiger partial charge in [-0.15, -0.1) is 0 Å². The van der Waals surface area contributed by atoms with Crippen LogP contribution in [0.5, 0.6) is 0 Å². The van der Waals surface area contributed by atoms with Gasteiger partial charge in [0.15, 0.2) is 0 Å². The van der Waals surface area contributed by atoms with Crippen LogP contribution in [-0.4, -0.2) is 32.2 Å². The van der Waals surface area contributed by atoms with E-state index < -0.39 is 12.1 Å². The highest BCUT2D eigenvalue weighted by atomic mass is 16.4. The SMILES string of the molecule is CC(C)C1c2ncc(C(=O)O)cc2CN1C(=O)O. The molecular weight excluding hydrogens is 236 g/mol. The fourth-order valence-corrected chi connectivity index (χ4v) is 2.32. The number of amides is 1. The predicted octanol–water partition coefficient (Wildman–Crippen LogP) is 1.97. The molecule has 0 radical (unpaired) electrons. The molecule has 0 spiro atoms. The molecule has 1 amide bonds. The van der Waals surface area contributed by atoms with Crippen LogP contribution in [0.3, 0.4) is 0 Å². The van der Waals surface area contributed by atoms with Gasteiger partial charge < -0.3 is 10.2 Å². The monoisotopic (exact) mass is 250 g/mol. The van der Waals surface area contributed by atoms with Gasteiger partial charge in [0.25, 0.3) is 0 Å². The van der Waals surface area contributed by atoms with E-state index >= 15 is 0 Å². The Hall–Kier alpha value is -2.11. The van der Waals surface area contributed by atoms with Crippen molar-refractivity contribution in [2.45, 2.75) is 26.4 Å². The van der Waals surface area contributed by atoms with Gasteiger partial charge in [-0.05, 0) is 17.5 Å². The Morgan fingerprint density at radius 1 is 1.44 bits per heavy atom. The number of carboxylic acids is 1. The molecule has 1 unspecified atom stereocenters. The summed E-state index contributed by atoms with van der Waals surface area (Å²) in [7, 11) is 0. The molecule has 0 bridgehead atoms. The summed E-state index contributed by atoms with van der Waals surface area (Å²) in [6.45, 7) is 4.03. The number of fused-ring (bicyclic) bond motifs is 1. The zero-order chi connectivity index (χ0) is 13.4. The summed E-state index contributed by atoms with van der Waals surface area (Å²) in [5.74, 6) is -0.967. The molecule has 2 N–H and O–H groups in total. The molecule has 0 saturated carbocycles. The molecule has 0 fully saturated rings. The van der Waals surface area contributed by atoms with Crippen molar-refractivity contribution in [3.8, 4) is 0 Å². The van der Waals surface area contributed by atoms with Gasteiger partial charge in [-0.3, -0.25) is 9.88 Å². The van der Waals surface area contributed by atoms with Gasteiger partial charge in [0.1, 0.15) is 0 Å². The zero-order valence-corrected chi connectivity index (χ0v) is 10.1. The second-order valence-electron chi connectivity index (χ2n) is 4.67. The van der Waals surface area contributed by atoms with Crippen LogP contribution < -0.4 is 0 Å². The second-order valence-corrected chi connectivity index (χ2v) is 4.67. The Morgan fingerprint density at radius 2 is 2.11 bits per heavy atom. The number of hydrogen-bond acceptors (Lipinski definition) is 3. The lowest BCUT2D eigenvalue weighted by atomic mass is 10.00. The Bertz CT molecular complexity index is 513. The predicted molar refractivity (Wildman–Crippen MR) is 62.3 cm³/mol. The maximum Gasteiger partial charge on any atom is 0.408 e. The molecule has 2 heterocycles. The minimum absolute atomic E-state index is 0.0866. The first-order valence-electron chi connectivity index (χ1n) is 5.63. The number of carbonyl (C=O) groups is 2. The minimum atomic E-state index is -1.06. The van der Waals surface area contributed by atoms with E-state index in [1.54, 1.807) is 0 Å². The van der Waals surface area contributed by atoms with Crippen molar-refractivity contribution in [3.05, 3.63) is 29.1 Å². The lowest BCUT2D eigenvalue weighted by Gasteiger charge is -2.24. The largest absolute Gasteiger partial charge is 0.478 e. The molecule has 1 aliphatic rings. The molecule has 6 nitrogen and oxygen atoms in total. The lowest BCUT2D eigenvalue weighted by molar-refractivity contribution is 0.0696. The third-order valence-electron chi connectivity index (χ3n) is 3.08. The van der Waals surface area contributed by atoms with E-state index in [9.17, 15) is 9.59 Å². The highest BCUT2D eigenvalue weighted by molar-refractivity contribution is 5.87. The lowest BCUT2D eigenvalue weighted by Crippen LogP contribution is -2.30. The summed E-state index contributed by atoms with van der Waals surface area (Å²) in [5, 5.41) is 18.1. The van der Waals surface area contributed by atoms with E-state index in [2.05, 4.69) is 4.98 Å². The van der Waals surface area contributed by atoms with Gasteiger partial charge in [0, 0.05) is 6.20 Å². The standard InChI is InChI=1S/C12H14N2O4/c1-6(2)10-9-8(5-14(10)12(17)18)3-7(4-13-9)11(15)16/h3-4,6,10H,5H2,1-2H3,(H,15,16)(H,17,18). The molecule has 2 rings (SSSR count). The Balaban J connectivity index is 2.45. The van der Waals surface area contributed by atoms with Crippen LogP contribution in [0.4, 0.5) is 4.79 Å². The summed E-state index contributed by atoms with van der Waals surface area (Å²) >= 11 is 0. The van der Waals surface area contributed by atoms with Crippen LogP contribution in [0.1, 0.15) is 41.5 Å². The van der Waals surface area contributed by atoms with Gasteiger partial charge in [0.05, 0.1) is 23.8 Å². The molecule has 0 aliphatic carbocycles. The normalized spacial score (nSPS) is 17.9. The highest BCUT2D eigenvalue weighted by Crippen LogP contribution is 2.37. The number of rotatable bonds is 2. The van der Waals surface area contributed by atoms with Gasteiger partial charge >= 0.3 is 12.1 Å². The quantitative estimate of drug-likeness (QED) is 0.837. The van der Waals surface area contributed by atoms with E-state index in [-0.39, 0.29) is 24.1 Å². The average Bonchev–Trinajstić information content (AvgIpc) is 2.66. The van der Waals surface area contributed by atoms with Crippen LogP contribution in [0.25, 0.3) is 0 Å². The summed E-state index contributed by atoms with van der Waals surface area (Å²) in [6, 6.07) is 1.20. The third kappa shape index (κ3) is 1.90. The van der Waals surface area contributed by atoms with Crippen molar-refractivity contribution in [3.63, 3.8) is 0 Å². The smallest absolute Gasteiger partial charge is 0.408 e. The minimum Gasteiger partial charge on any atom is -0.478 e. The first kappa shape index (κ1) is 12.3.